The maximum absolute atomic E-state index is 12.6. The van der Waals surface area contributed by atoms with Gasteiger partial charge < -0.3 is 19.0 Å². The highest BCUT2D eigenvalue weighted by atomic mass is 28.4. The van der Waals surface area contributed by atoms with Gasteiger partial charge in [0.15, 0.2) is 0 Å². The largest absolute Gasteiger partial charge is 0.516 e. The lowest BCUT2D eigenvalue weighted by Gasteiger charge is -2.22. The first-order valence-electron chi connectivity index (χ1n) is 9.03. The van der Waals surface area contributed by atoms with E-state index in [1.807, 2.05) is 58.9 Å². The van der Waals surface area contributed by atoms with Crippen LogP contribution in [0.2, 0.25) is 58.9 Å². The monoisotopic (exact) mass is 441 g/mol. The predicted octanol–water partition coefficient (Wildman–Crippen LogP) is 4.24. The molecule has 0 bridgehead atoms. The number of carbonyl (C=O) groups is 3. The van der Waals surface area contributed by atoms with Gasteiger partial charge in [-0.25, -0.2) is 14.4 Å². The minimum Gasteiger partial charge on any atom is -0.516 e. The van der Waals surface area contributed by atoms with Crippen LogP contribution in [0.4, 0.5) is 5.69 Å². The van der Waals surface area contributed by atoms with Gasteiger partial charge in [-0.2, -0.15) is 0 Å². The number of nitrogens with two attached hydrogens (primary N) is 1. The third kappa shape index (κ3) is 7.60. The number of anilines is 1. The van der Waals surface area contributed by atoms with E-state index >= 15 is 0 Å². The first-order chi connectivity index (χ1) is 12.4. The van der Waals surface area contributed by atoms with E-state index < -0.39 is 42.9 Å². The summed E-state index contributed by atoms with van der Waals surface area (Å²) in [6.07, 6.45) is 0. The van der Waals surface area contributed by atoms with Gasteiger partial charge >= 0.3 is 17.9 Å². The molecule has 10 heteroatoms. The molecule has 2 N–H and O–H groups in total. The minimum absolute atomic E-state index is 0.0324. The SMILES string of the molecule is C[Si](C)(C)OC(=O)c1cc(C(=O)O[Si](C)(C)C)c(N)c(C(=O)O[Si](C)(C)C)c1. The van der Waals surface area contributed by atoms with Crippen molar-refractivity contribution in [1.29, 1.82) is 0 Å². The Bertz CT molecular complexity index is 739. The summed E-state index contributed by atoms with van der Waals surface area (Å²) in [4.78, 5) is 37.9. The quantitative estimate of drug-likeness (QED) is 0.520. The zero-order valence-electron chi connectivity index (χ0n) is 18.2. The fourth-order valence-electron chi connectivity index (χ4n) is 2.11. The fourth-order valence-corrected chi connectivity index (χ4v) is 4.12. The van der Waals surface area contributed by atoms with E-state index in [0.29, 0.717) is 0 Å². The summed E-state index contributed by atoms with van der Waals surface area (Å²) in [5.41, 5.74) is 6.05. The smallest absolute Gasteiger partial charge is 0.326 e. The Morgan fingerprint density at radius 1 is 0.643 bits per heavy atom. The molecule has 0 aliphatic carbocycles. The maximum Gasteiger partial charge on any atom is 0.326 e. The van der Waals surface area contributed by atoms with Gasteiger partial charge in [-0.1, -0.05) is 0 Å². The van der Waals surface area contributed by atoms with E-state index in [9.17, 15) is 14.4 Å². The van der Waals surface area contributed by atoms with Gasteiger partial charge in [-0.05, 0) is 71.1 Å². The Balaban J connectivity index is 3.52. The molecule has 156 valence electrons. The molecule has 0 spiro atoms. The summed E-state index contributed by atoms with van der Waals surface area (Å²) >= 11 is 0. The number of benzene rings is 1. The first kappa shape index (κ1) is 24.1. The van der Waals surface area contributed by atoms with E-state index in [1.165, 1.54) is 12.1 Å². The molecule has 0 saturated heterocycles. The molecule has 0 amide bonds. The summed E-state index contributed by atoms with van der Waals surface area (Å²) in [5, 5.41) is 0. The zero-order chi connectivity index (χ0) is 22.1. The van der Waals surface area contributed by atoms with Gasteiger partial charge in [0.2, 0.25) is 25.0 Å². The van der Waals surface area contributed by atoms with Crippen LogP contribution in [0.1, 0.15) is 31.1 Å². The van der Waals surface area contributed by atoms with Gasteiger partial charge in [-0.3, -0.25) is 0 Å². The molecule has 0 atom stereocenters. The number of nitrogen functional groups attached to an aromatic ring is 1. The highest BCUT2D eigenvalue weighted by Crippen LogP contribution is 2.26. The van der Waals surface area contributed by atoms with Crippen molar-refractivity contribution in [1.82, 2.24) is 0 Å². The molecular weight excluding hydrogens is 410 g/mol. The van der Waals surface area contributed by atoms with Crippen molar-refractivity contribution in [2.75, 3.05) is 5.73 Å². The van der Waals surface area contributed by atoms with E-state index in [4.69, 9.17) is 19.0 Å². The Labute approximate surface area is 169 Å². The summed E-state index contributed by atoms with van der Waals surface area (Å²) in [7, 11) is -6.61. The molecule has 0 aliphatic heterocycles. The molecule has 1 aromatic carbocycles. The van der Waals surface area contributed by atoms with Gasteiger partial charge in [-0.15, -0.1) is 0 Å². The highest BCUT2D eigenvalue weighted by molar-refractivity contribution is 6.72. The summed E-state index contributed by atoms with van der Waals surface area (Å²) in [6, 6.07) is 2.65. The van der Waals surface area contributed by atoms with Gasteiger partial charge in [0, 0.05) is 0 Å². The van der Waals surface area contributed by atoms with Crippen LogP contribution < -0.4 is 5.73 Å². The predicted molar refractivity (Wildman–Crippen MR) is 117 cm³/mol. The highest BCUT2D eigenvalue weighted by Gasteiger charge is 2.30. The van der Waals surface area contributed by atoms with Crippen molar-refractivity contribution >= 4 is 48.5 Å². The zero-order valence-corrected chi connectivity index (χ0v) is 21.2. The lowest BCUT2D eigenvalue weighted by molar-refractivity contribution is 0.0723. The average Bonchev–Trinajstić information content (AvgIpc) is 2.41. The number of carbonyl (C=O) groups excluding carboxylic acids is 3. The molecule has 0 unspecified atom stereocenters. The number of rotatable bonds is 6. The third-order valence-corrected chi connectivity index (χ3v) is 5.45. The van der Waals surface area contributed by atoms with Gasteiger partial charge in [0.25, 0.3) is 0 Å². The molecule has 1 rings (SSSR count). The molecular formula is C18H31NO6Si3. The standard InChI is InChI=1S/C18H31NO6Si3/c1-26(2,3)23-16(20)12-10-13(17(21)24-27(4,5)6)15(19)14(11-12)18(22)25-28(7,8)9/h10-11H,19H2,1-9H3. The van der Waals surface area contributed by atoms with Crippen molar-refractivity contribution in [2.24, 2.45) is 0 Å². The van der Waals surface area contributed by atoms with Gasteiger partial charge in [0.05, 0.1) is 22.4 Å². The second kappa shape index (κ2) is 8.21. The van der Waals surface area contributed by atoms with Crippen LogP contribution in [-0.2, 0) is 13.3 Å². The third-order valence-electron chi connectivity index (χ3n) is 3.05. The topological polar surface area (TPSA) is 105 Å². The second-order valence-corrected chi connectivity index (χ2v) is 22.8. The lowest BCUT2D eigenvalue weighted by Crippen LogP contribution is -2.32. The Hall–Kier alpha value is -1.92. The molecule has 0 aliphatic rings. The van der Waals surface area contributed by atoms with Crippen molar-refractivity contribution < 1.29 is 27.7 Å². The molecule has 0 saturated carbocycles. The van der Waals surface area contributed by atoms with Crippen LogP contribution >= 0.6 is 0 Å². The Morgan fingerprint density at radius 2 is 0.929 bits per heavy atom. The van der Waals surface area contributed by atoms with Crippen LogP contribution in [0, 0.1) is 0 Å². The van der Waals surface area contributed by atoms with Crippen molar-refractivity contribution in [3.8, 4) is 0 Å². The molecule has 0 fully saturated rings. The average molecular weight is 442 g/mol. The Kier molecular flexibility index (Phi) is 7.07. The van der Waals surface area contributed by atoms with Crippen LogP contribution in [0.5, 0.6) is 0 Å². The maximum atomic E-state index is 12.6. The molecule has 0 aromatic heterocycles. The lowest BCUT2D eigenvalue weighted by atomic mass is 10.0. The van der Waals surface area contributed by atoms with E-state index in [-0.39, 0.29) is 22.4 Å². The molecule has 0 heterocycles. The van der Waals surface area contributed by atoms with Gasteiger partial charge in [0.1, 0.15) is 0 Å². The number of hydrogen-bond acceptors (Lipinski definition) is 7. The summed E-state index contributed by atoms with van der Waals surface area (Å²) in [5.74, 6) is -1.94. The Morgan fingerprint density at radius 3 is 1.21 bits per heavy atom. The van der Waals surface area contributed by atoms with Crippen molar-refractivity contribution in [2.45, 2.75) is 58.9 Å². The van der Waals surface area contributed by atoms with Crippen LogP contribution in [0.25, 0.3) is 0 Å². The van der Waals surface area contributed by atoms with Crippen molar-refractivity contribution in [3.05, 3.63) is 28.8 Å². The van der Waals surface area contributed by atoms with E-state index in [0.717, 1.165) is 0 Å². The fraction of sp³-hybridized carbons (Fsp3) is 0.500. The molecule has 0 radical (unpaired) electrons. The van der Waals surface area contributed by atoms with Crippen LogP contribution in [-0.4, -0.2) is 42.9 Å². The molecule has 1 aromatic rings. The van der Waals surface area contributed by atoms with E-state index in [2.05, 4.69) is 0 Å². The normalized spacial score (nSPS) is 12.3. The minimum atomic E-state index is -2.22. The molecule has 28 heavy (non-hydrogen) atoms. The van der Waals surface area contributed by atoms with E-state index in [1.54, 1.807) is 0 Å². The number of hydrogen-bond donors (Lipinski definition) is 1. The summed E-state index contributed by atoms with van der Waals surface area (Å²) in [6.45, 7) is 16.7. The summed E-state index contributed by atoms with van der Waals surface area (Å²) < 4.78 is 16.5. The van der Waals surface area contributed by atoms with Crippen LogP contribution in [0.15, 0.2) is 12.1 Å². The first-order valence-corrected chi connectivity index (χ1v) is 19.3. The molecule has 7 nitrogen and oxygen atoms in total. The second-order valence-electron chi connectivity index (χ2n) is 9.49. The van der Waals surface area contributed by atoms with Crippen LogP contribution in [0.3, 0.4) is 0 Å². The van der Waals surface area contributed by atoms with Crippen molar-refractivity contribution in [3.63, 3.8) is 0 Å².